The zero-order chi connectivity index (χ0) is 23.5. The second kappa shape index (κ2) is 9.82. The highest BCUT2D eigenvalue weighted by molar-refractivity contribution is 5.94. The third-order valence-electron chi connectivity index (χ3n) is 6.53. The lowest BCUT2D eigenvalue weighted by molar-refractivity contribution is -0.118. The average molecular weight is 464 g/mol. The van der Waals surface area contributed by atoms with E-state index in [0.717, 1.165) is 54.8 Å². The van der Waals surface area contributed by atoms with Gasteiger partial charge in [-0.05, 0) is 61.6 Å². The Morgan fingerprint density at radius 3 is 2.76 bits per heavy atom. The molecule has 0 atom stereocenters. The molecule has 0 bridgehead atoms. The van der Waals surface area contributed by atoms with E-state index in [1.807, 2.05) is 41.0 Å². The number of ether oxygens (including phenoxy) is 2. The van der Waals surface area contributed by atoms with Crippen LogP contribution in [0.4, 0.5) is 5.82 Å². The van der Waals surface area contributed by atoms with Crippen LogP contribution >= 0.6 is 0 Å². The second-order valence-corrected chi connectivity index (χ2v) is 8.73. The van der Waals surface area contributed by atoms with Crippen molar-refractivity contribution in [2.45, 2.75) is 32.0 Å². The molecule has 178 valence electrons. The number of nitrogens with one attached hydrogen (secondary N) is 2. The van der Waals surface area contributed by atoms with Gasteiger partial charge in [0.25, 0.3) is 11.5 Å². The number of anilines is 1. The minimum atomic E-state index is -0.178. The standard InChI is InChI=1S/C25H29N5O4/c1-33-20-5-2-17-3-7-24(32)30(21(17)14-20)13-12-29-10-8-18(9-11-29)26-15-19-4-6-22-25(27-19)28-23(31)16-34-22/h2-7,14,18,26H,8-13,15-16H2,1H3,(H,27,28,31). The average Bonchev–Trinajstić information content (AvgIpc) is 2.87. The van der Waals surface area contributed by atoms with Gasteiger partial charge in [-0.1, -0.05) is 0 Å². The first-order valence-electron chi connectivity index (χ1n) is 11.6. The minimum Gasteiger partial charge on any atom is -0.497 e. The van der Waals surface area contributed by atoms with Crippen LogP contribution < -0.4 is 25.7 Å². The third-order valence-corrected chi connectivity index (χ3v) is 6.53. The summed E-state index contributed by atoms with van der Waals surface area (Å²) in [5, 5.41) is 7.37. The van der Waals surface area contributed by atoms with Gasteiger partial charge in [-0.15, -0.1) is 0 Å². The largest absolute Gasteiger partial charge is 0.497 e. The fourth-order valence-electron chi connectivity index (χ4n) is 4.58. The first kappa shape index (κ1) is 22.4. The number of aromatic nitrogens is 2. The molecule has 0 saturated carbocycles. The third kappa shape index (κ3) is 4.90. The fraction of sp³-hybridized carbons (Fsp3) is 0.400. The maximum Gasteiger partial charge on any atom is 0.263 e. The maximum atomic E-state index is 12.5. The predicted octanol–water partition coefficient (Wildman–Crippen LogP) is 1.99. The number of hydrogen-bond acceptors (Lipinski definition) is 7. The van der Waals surface area contributed by atoms with Crippen molar-refractivity contribution in [3.63, 3.8) is 0 Å². The van der Waals surface area contributed by atoms with Gasteiger partial charge < -0.3 is 29.6 Å². The number of amides is 1. The van der Waals surface area contributed by atoms with E-state index in [4.69, 9.17) is 9.47 Å². The number of nitrogens with zero attached hydrogens (tertiary/aromatic N) is 3. The van der Waals surface area contributed by atoms with E-state index < -0.39 is 0 Å². The van der Waals surface area contributed by atoms with Gasteiger partial charge in [0.15, 0.2) is 18.2 Å². The Hall–Kier alpha value is -3.43. The molecule has 2 aliphatic heterocycles. The quantitative estimate of drug-likeness (QED) is 0.553. The number of likely N-dealkylation sites (tertiary alicyclic amines) is 1. The van der Waals surface area contributed by atoms with Crippen LogP contribution in [0.2, 0.25) is 0 Å². The molecule has 2 N–H and O–H groups in total. The van der Waals surface area contributed by atoms with Crippen LogP contribution in [0.15, 0.2) is 47.3 Å². The Morgan fingerprint density at radius 2 is 1.94 bits per heavy atom. The molecule has 1 saturated heterocycles. The molecule has 9 heteroatoms. The molecule has 34 heavy (non-hydrogen) atoms. The Bertz CT molecular complexity index is 1250. The predicted molar refractivity (Wildman–Crippen MR) is 129 cm³/mol. The van der Waals surface area contributed by atoms with Crippen LogP contribution in [-0.2, 0) is 17.9 Å². The van der Waals surface area contributed by atoms with Gasteiger partial charge in [-0.25, -0.2) is 4.98 Å². The van der Waals surface area contributed by atoms with Crippen LogP contribution in [0.5, 0.6) is 11.5 Å². The number of piperidine rings is 1. The van der Waals surface area contributed by atoms with E-state index in [1.165, 1.54) is 0 Å². The topological polar surface area (TPSA) is 97.7 Å². The number of carbonyl (C=O) groups excluding carboxylic acids is 1. The molecule has 0 radical (unpaired) electrons. The molecular formula is C25H29N5O4. The molecule has 1 aromatic carbocycles. The number of rotatable bonds is 7. The fourth-order valence-corrected chi connectivity index (χ4v) is 4.58. The Kier molecular flexibility index (Phi) is 6.46. The summed E-state index contributed by atoms with van der Waals surface area (Å²) < 4.78 is 12.6. The van der Waals surface area contributed by atoms with Crippen molar-refractivity contribution in [2.75, 3.05) is 38.7 Å². The summed E-state index contributed by atoms with van der Waals surface area (Å²) in [6.45, 7) is 4.10. The molecule has 2 aromatic heterocycles. The van der Waals surface area contributed by atoms with E-state index in [0.29, 0.717) is 30.7 Å². The van der Waals surface area contributed by atoms with Gasteiger partial charge in [-0.2, -0.15) is 0 Å². The molecule has 1 amide bonds. The Morgan fingerprint density at radius 1 is 1.12 bits per heavy atom. The van der Waals surface area contributed by atoms with Crippen LogP contribution in [0, 0.1) is 0 Å². The van der Waals surface area contributed by atoms with Crippen molar-refractivity contribution in [1.82, 2.24) is 19.8 Å². The lowest BCUT2D eigenvalue weighted by Crippen LogP contribution is -2.43. The van der Waals surface area contributed by atoms with Crippen LogP contribution in [0.25, 0.3) is 10.9 Å². The SMILES string of the molecule is COc1ccc2ccc(=O)n(CCN3CCC(NCc4ccc5c(n4)NC(=O)CO5)CC3)c2c1. The van der Waals surface area contributed by atoms with Gasteiger partial charge in [0.2, 0.25) is 0 Å². The smallest absolute Gasteiger partial charge is 0.263 e. The zero-order valence-electron chi connectivity index (χ0n) is 19.3. The van der Waals surface area contributed by atoms with Gasteiger partial charge >= 0.3 is 0 Å². The maximum absolute atomic E-state index is 12.5. The summed E-state index contributed by atoms with van der Waals surface area (Å²) in [6.07, 6.45) is 2.06. The monoisotopic (exact) mass is 463 g/mol. The zero-order valence-corrected chi connectivity index (χ0v) is 19.3. The van der Waals surface area contributed by atoms with E-state index >= 15 is 0 Å². The highest BCUT2D eigenvalue weighted by Gasteiger charge is 2.20. The summed E-state index contributed by atoms with van der Waals surface area (Å²) in [5.41, 5.74) is 1.79. The first-order valence-corrected chi connectivity index (χ1v) is 11.6. The number of benzene rings is 1. The van der Waals surface area contributed by atoms with Gasteiger partial charge in [-0.3, -0.25) is 9.59 Å². The van der Waals surface area contributed by atoms with Gasteiger partial charge in [0, 0.05) is 37.8 Å². The first-order chi connectivity index (χ1) is 16.6. The van der Waals surface area contributed by atoms with Crippen molar-refractivity contribution >= 4 is 22.6 Å². The number of hydrogen-bond donors (Lipinski definition) is 2. The highest BCUT2D eigenvalue weighted by atomic mass is 16.5. The molecule has 0 spiro atoms. The van der Waals surface area contributed by atoms with Crippen molar-refractivity contribution in [3.05, 3.63) is 58.5 Å². The van der Waals surface area contributed by atoms with Crippen molar-refractivity contribution in [2.24, 2.45) is 0 Å². The minimum absolute atomic E-state index is 0.0106. The Balaban J connectivity index is 1.13. The normalized spacial score (nSPS) is 16.7. The van der Waals surface area contributed by atoms with E-state index in [2.05, 4.69) is 20.5 Å². The van der Waals surface area contributed by atoms with Crippen LogP contribution in [0.3, 0.4) is 0 Å². The van der Waals surface area contributed by atoms with Gasteiger partial charge in [0.1, 0.15) is 5.75 Å². The molecule has 9 nitrogen and oxygen atoms in total. The van der Waals surface area contributed by atoms with Crippen molar-refractivity contribution in [3.8, 4) is 11.5 Å². The summed E-state index contributed by atoms with van der Waals surface area (Å²) in [4.78, 5) is 31.0. The molecule has 5 rings (SSSR count). The molecule has 4 heterocycles. The number of fused-ring (bicyclic) bond motifs is 2. The van der Waals surface area contributed by atoms with E-state index in [1.54, 1.807) is 13.2 Å². The summed E-state index contributed by atoms with van der Waals surface area (Å²) >= 11 is 0. The molecule has 2 aliphatic rings. The number of methoxy groups -OCH3 is 1. The molecule has 1 fully saturated rings. The van der Waals surface area contributed by atoms with Crippen molar-refractivity contribution < 1.29 is 14.3 Å². The Labute approximate surface area is 197 Å². The van der Waals surface area contributed by atoms with Crippen molar-refractivity contribution in [1.29, 1.82) is 0 Å². The summed E-state index contributed by atoms with van der Waals surface area (Å²) in [5.74, 6) is 1.68. The lowest BCUT2D eigenvalue weighted by Gasteiger charge is -2.32. The number of pyridine rings is 2. The lowest BCUT2D eigenvalue weighted by atomic mass is 10.0. The molecule has 0 aliphatic carbocycles. The van der Waals surface area contributed by atoms with Crippen LogP contribution in [0.1, 0.15) is 18.5 Å². The summed E-state index contributed by atoms with van der Waals surface area (Å²) in [7, 11) is 1.64. The highest BCUT2D eigenvalue weighted by Crippen LogP contribution is 2.25. The van der Waals surface area contributed by atoms with E-state index in [-0.39, 0.29) is 18.1 Å². The second-order valence-electron chi connectivity index (χ2n) is 8.73. The molecule has 0 unspecified atom stereocenters. The van der Waals surface area contributed by atoms with Gasteiger partial charge in [0.05, 0.1) is 18.3 Å². The summed E-state index contributed by atoms with van der Waals surface area (Å²) in [6, 6.07) is 13.5. The number of carbonyl (C=O) groups is 1. The molecule has 3 aromatic rings. The van der Waals surface area contributed by atoms with E-state index in [9.17, 15) is 9.59 Å². The molecular weight excluding hydrogens is 434 g/mol. The van der Waals surface area contributed by atoms with Crippen LogP contribution in [-0.4, -0.2) is 59.8 Å².